The summed E-state index contributed by atoms with van der Waals surface area (Å²) in [7, 11) is -3.84. The molecule has 0 aromatic carbocycles. The number of carbonyl (C=O) groups excluding carboxylic acids is 2. The summed E-state index contributed by atoms with van der Waals surface area (Å²) in [5.74, 6) is -1.42. The second-order valence-electron chi connectivity index (χ2n) is 5.81. The van der Waals surface area contributed by atoms with E-state index in [1.165, 1.54) is 0 Å². The Labute approximate surface area is 159 Å². The topological polar surface area (TPSA) is 156 Å². The second-order valence-corrected chi connectivity index (χ2v) is 9.17. The van der Waals surface area contributed by atoms with E-state index in [1.54, 1.807) is 6.07 Å². The second kappa shape index (κ2) is 7.76. The highest BCUT2D eigenvalue weighted by Gasteiger charge is 2.33. The molecule has 3 rings (SSSR count). The van der Waals surface area contributed by atoms with Gasteiger partial charge < -0.3 is 21.1 Å². The molecular weight excluding hydrogens is 394 g/mol. The van der Waals surface area contributed by atoms with Gasteiger partial charge in [-0.25, -0.2) is 8.42 Å². The number of anilines is 1. The fraction of sp³-hybridized carbons (Fsp3) is 0.400. The number of aromatic nitrogens is 2. The van der Waals surface area contributed by atoms with E-state index in [2.05, 4.69) is 20.8 Å². The van der Waals surface area contributed by atoms with E-state index in [-0.39, 0.29) is 33.6 Å². The normalized spacial score (nSPS) is 17.6. The SMILES string of the molecule is CCc1cc(C(=O)Nc2sc(S(=O)(=O)C3CNCCO3)cc2C(N)=O)n[nH]1. The molecule has 0 spiro atoms. The molecule has 1 atom stereocenters. The van der Waals surface area contributed by atoms with Crippen LogP contribution < -0.4 is 16.4 Å². The fourth-order valence-electron chi connectivity index (χ4n) is 2.48. The van der Waals surface area contributed by atoms with E-state index in [0.717, 1.165) is 23.1 Å². The van der Waals surface area contributed by atoms with Crippen LogP contribution in [0, 0.1) is 0 Å². The number of hydrogen-bond donors (Lipinski definition) is 4. The van der Waals surface area contributed by atoms with Gasteiger partial charge in [0.2, 0.25) is 9.84 Å². The number of morpholine rings is 1. The van der Waals surface area contributed by atoms with Crippen molar-refractivity contribution in [3.05, 3.63) is 29.1 Å². The number of ether oxygens (including phenoxy) is 1. The van der Waals surface area contributed by atoms with Gasteiger partial charge in [0.05, 0.1) is 12.2 Å². The summed E-state index contributed by atoms with van der Waals surface area (Å²) in [5, 5.41) is 12.1. The zero-order chi connectivity index (χ0) is 19.6. The number of aromatic amines is 1. The Hall–Kier alpha value is -2.28. The minimum absolute atomic E-state index is 0.0518. The maximum Gasteiger partial charge on any atom is 0.276 e. The number of nitrogens with one attached hydrogen (secondary N) is 3. The Bertz CT molecular complexity index is 959. The number of primary amides is 1. The molecular formula is C15H19N5O5S2. The van der Waals surface area contributed by atoms with E-state index >= 15 is 0 Å². The zero-order valence-electron chi connectivity index (χ0n) is 14.4. The Kier molecular flexibility index (Phi) is 5.60. The molecule has 27 heavy (non-hydrogen) atoms. The lowest BCUT2D eigenvalue weighted by atomic mass is 10.3. The van der Waals surface area contributed by atoms with Crippen LogP contribution >= 0.6 is 11.3 Å². The summed E-state index contributed by atoms with van der Waals surface area (Å²) in [6.07, 6.45) is 0.670. The van der Waals surface area contributed by atoms with Gasteiger partial charge in [-0.2, -0.15) is 5.10 Å². The van der Waals surface area contributed by atoms with Crippen molar-refractivity contribution in [1.29, 1.82) is 0 Å². The number of carbonyl (C=O) groups is 2. The molecule has 0 bridgehead atoms. The van der Waals surface area contributed by atoms with Crippen molar-refractivity contribution in [3.63, 3.8) is 0 Å². The molecule has 5 N–H and O–H groups in total. The van der Waals surface area contributed by atoms with E-state index in [9.17, 15) is 18.0 Å². The Morgan fingerprint density at radius 2 is 2.22 bits per heavy atom. The van der Waals surface area contributed by atoms with Crippen molar-refractivity contribution in [2.75, 3.05) is 25.0 Å². The smallest absolute Gasteiger partial charge is 0.276 e. The summed E-state index contributed by atoms with van der Waals surface area (Å²) in [4.78, 5) is 24.1. The number of rotatable bonds is 6. The van der Waals surface area contributed by atoms with Crippen molar-refractivity contribution < 1.29 is 22.7 Å². The van der Waals surface area contributed by atoms with E-state index in [0.29, 0.717) is 13.0 Å². The van der Waals surface area contributed by atoms with Crippen LogP contribution in [0.15, 0.2) is 16.3 Å². The van der Waals surface area contributed by atoms with Crippen LogP contribution in [-0.2, 0) is 21.0 Å². The maximum absolute atomic E-state index is 12.7. The van der Waals surface area contributed by atoms with Gasteiger partial charge in [-0.15, -0.1) is 11.3 Å². The highest BCUT2D eigenvalue weighted by atomic mass is 32.2. The van der Waals surface area contributed by atoms with E-state index in [4.69, 9.17) is 10.5 Å². The Morgan fingerprint density at radius 1 is 1.44 bits per heavy atom. The van der Waals surface area contributed by atoms with Gasteiger partial charge in [-0.1, -0.05) is 6.92 Å². The fourth-order valence-corrected chi connectivity index (χ4v) is 5.46. The third-order valence-corrected chi connectivity index (χ3v) is 7.43. The number of sulfone groups is 1. The highest BCUT2D eigenvalue weighted by Crippen LogP contribution is 2.34. The van der Waals surface area contributed by atoms with Gasteiger partial charge in [0, 0.05) is 18.8 Å². The third-order valence-electron chi connectivity index (χ3n) is 3.97. The molecule has 12 heteroatoms. The monoisotopic (exact) mass is 413 g/mol. The number of H-pyrrole nitrogens is 1. The first-order valence-electron chi connectivity index (χ1n) is 8.18. The number of hydrogen-bond acceptors (Lipinski definition) is 8. The molecule has 1 fully saturated rings. The van der Waals surface area contributed by atoms with Gasteiger partial charge >= 0.3 is 0 Å². The van der Waals surface area contributed by atoms with Crippen LogP contribution in [0.25, 0.3) is 0 Å². The molecule has 0 aliphatic carbocycles. The van der Waals surface area contributed by atoms with Crippen LogP contribution in [0.2, 0.25) is 0 Å². The van der Waals surface area contributed by atoms with Crippen LogP contribution in [0.5, 0.6) is 0 Å². The molecule has 1 aliphatic rings. The molecule has 10 nitrogen and oxygen atoms in total. The molecule has 3 heterocycles. The first-order chi connectivity index (χ1) is 12.8. The third kappa shape index (κ3) is 4.03. The van der Waals surface area contributed by atoms with Crippen LogP contribution in [0.1, 0.15) is 33.5 Å². The molecule has 1 saturated heterocycles. The molecule has 2 amide bonds. The summed E-state index contributed by atoms with van der Waals surface area (Å²) in [5.41, 5.74) is 5.10. The van der Waals surface area contributed by atoms with E-state index < -0.39 is 27.1 Å². The van der Waals surface area contributed by atoms with Crippen molar-refractivity contribution in [2.45, 2.75) is 23.0 Å². The molecule has 2 aromatic rings. The summed E-state index contributed by atoms with van der Waals surface area (Å²) in [6.45, 7) is 2.87. The van der Waals surface area contributed by atoms with Gasteiger partial charge in [-0.05, 0) is 18.6 Å². The Morgan fingerprint density at radius 3 is 2.81 bits per heavy atom. The van der Waals surface area contributed by atoms with Crippen molar-refractivity contribution >= 4 is 38.0 Å². The molecule has 2 aromatic heterocycles. The van der Waals surface area contributed by atoms with Crippen molar-refractivity contribution in [1.82, 2.24) is 15.5 Å². The lowest BCUT2D eigenvalue weighted by molar-refractivity contribution is 0.0786. The number of aryl methyl sites for hydroxylation is 1. The lowest BCUT2D eigenvalue weighted by Crippen LogP contribution is -2.42. The van der Waals surface area contributed by atoms with Gasteiger partial charge in [0.15, 0.2) is 11.1 Å². The van der Waals surface area contributed by atoms with Crippen LogP contribution in [-0.4, -0.2) is 55.6 Å². The minimum atomic E-state index is -3.84. The Balaban J connectivity index is 1.89. The van der Waals surface area contributed by atoms with Crippen LogP contribution in [0.3, 0.4) is 0 Å². The highest BCUT2D eigenvalue weighted by molar-refractivity contribution is 7.94. The number of nitrogens with zero attached hydrogens (tertiary/aromatic N) is 1. The largest absolute Gasteiger partial charge is 0.366 e. The van der Waals surface area contributed by atoms with Crippen LogP contribution in [0.4, 0.5) is 5.00 Å². The lowest BCUT2D eigenvalue weighted by Gasteiger charge is -2.22. The minimum Gasteiger partial charge on any atom is -0.366 e. The summed E-state index contributed by atoms with van der Waals surface area (Å²) < 4.78 is 30.7. The zero-order valence-corrected chi connectivity index (χ0v) is 16.1. The first kappa shape index (κ1) is 19.5. The summed E-state index contributed by atoms with van der Waals surface area (Å²) in [6, 6.07) is 2.74. The molecule has 0 saturated carbocycles. The molecule has 146 valence electrons. The molecule has 1 unspecified atom stereocenters. The van der Waals surface area contributed by atoms with E-state index in [1.807, 2.05) is 6.92 Å². The van der Waals surface area contributed by atoms with Crippen molar-refractivity contribution in [3.8, 4) is 0 Å². The average Bonchev–Trinajstić information content (AvgIpc) is 3.29. The number of thiophene rings is 1. The van der Waals surface area contributed by atoms with Gasteiger partial charge in [0.25, 0.3) is 11.8 Å². The standard InChI is InChI=1S/C15H19N5O5S2/c1-2-8-5-10(20-19-8)14(22)18-15-9(13(16)21)6-12(26-15)27(23,24)11-7-17-3-4-25-11/h5-6,11,17H,2-4,7H2,1H3,(H2,16,21)(H,18,22)(H,19,20). The number of amides is 2. The molecule has 1 aliphatic heterocycles. The number of nitrogens with two attached hydrogens (primary N) is 1. The predicted octanol–water partition coefficient (Wildman–Crippen LogP) is 0.104. The summed E-state index contributed by atoms with van der Waals surface area (Å²) >= 11 is 0.757. The van der Waals surface area contributed by atoms with Gasteiger partial charge in [-0.3, -0.25) is 14.7 Å². The van der Waals surface area contributed by atoms with Gasteiger partial charge in [0.1, 0.15) is 9.21 Å². The molecule has 0 radical (unpaired) electrons. The average molecular weight is 413 g/mol. The first-order valence-corrected chi connectivity index (χ1v) is 10.5. The quantitative estimate of drug-likeness (QED) is 0.523. The van der Waals surface area contributed by atoms with Crippen molar-refractivity contribution in [2.24, 2.45) is 5.73 Å². The predicted molar refractivity (Wildman–Crippen MR) is 98.6 cm³/mol. The maximum atomic E-state index is 12.7.